The number of carbonyl (C=O) groups is 1. The minimum absolute atomic E-state index is 0.252. The third-order valence-electron chi connectivity index (χ3n) is 5.07. The van der Waals surface area contributed by atoms with Crippen LogP contribution in [0, 0.1) is 0 Å². The second kappa shape index (κ2) is 6.91. The van der Waals surface area contributed by atoms with Crippen LogP contribution in [0.2, 0.25) is 0 Å². The Kier molecular flexibility index (Phi) is 4.10. The molecular formula is C25H17NO3. The van der Waals surface area contributed by atoms with E-state index in [1.54, 1.807) is 13.2 Å². The van der Waals surface area contributed by atoms with Gasteiger partial charge in [-0.25, -0.2) is 9.79 Å². The van der Waals surface area contributed by atoms with E-state index in [0.29, 0.717) is 11.6 Å². The summed E-state index contributed by atoms with van der Waals surface area (Å²) in [5, 5.41) is 4.10. The van der Waals surface area contributed by atoms with E-state index in [-0.39, 0.29) is 5.70 Å². The minimum Gasteiger partial charge on any atom is -0.496 e. The average Bonchev–Trinajstić information content (AvgIpc) is 3.13. The summed E-state index contributed by atoms with van der Waals surface area (Å²) in [6, 6.07) is 25.7. The van der Waals surface area contributed by atoms with Gasteiger partial charge >= 0.3 is 5.97 Å². The van der Waals surface area contributed by atoms with Gasteiger partial charge in [0.25, 0.3) is 0 Å². The number of methoxy groups -OCH3 is 1. The number of ether oxygens (including phenoxy) is 2. The number of benzene rings is 4. The number of nitrogens with zero attached hydrogens (tertiary/aromatic N) is 1. The van der Waals surface area contributed by atoms with E-state index in [2.05, 4.69) is 4.99 Å². The summed E-state index contributed by atoms with van der Waals surface area (Å²) in [6.45, 7) is 0. The summed E-state index contributed by atoms with van der Waals surface area (Å²) in [6.07, 6.45) is 1.74. The number of esters is 1. The van der Waals surface area contributed by atoms with Crippen molar-refractivity contribution >= 4 is 39.5 Å². The molecule has 0 fully saturated rings. The molecule has 0 aliphatic carbocycles. The van der Waals surface area contributed by atoms with Crippen LogP contribution in [0.1, 0.15) is 11.1 Å². The van der Waals surface area contributed by atoms with Crippen molar-refractivity contribution in [3.63, 3.8) is 0 Å². The van der Waals surface area contributed by atoms with Crippen LogP contribution in [0.15, 0.2) is 89.6 Å². The van der Waals surface area contributed by atoms with Crippen molar-refractivity contribution < 1.29 is 14.3 Å². The van der Waals surface area contributed by atoms with E-state index in [4.69, 9.17) is 9.47 Å². The molecule has 0 spiro atoms. The summed E-state index contributed by atoms with van der Waals surface area (Å²) in [5.74, 6) is 0.526. The predicted octanol–water partition coefficient (Wildman–Crippen LogP) is 5.35. The smallest absolute Gasteiger partial charge is 0.363 e. The highest BCUT2D eigenvalue weighted by atomic mass is 16.6. The molecule has 0 saturated carbocycles. The first-order valence-corrected chi connectivity index (χ1v) is 9.31. The van der Waals surface area contributed by atoms with Gasteiger partial charge in [-0.3, -0.25) is 0 Å². The maximum absolute atomic E-state index is 12.6. The maximum Gasteiger partial charge on any atom is 0.363 e. The molecule has 140 valence electrons. The predicted molar refractivity (Wildman–Crippen MR) is 115 cm³/mol. The van der Waals surface area contributed by atoms with Crippen LogP contribution in [0.4, 0.5) is 0 Å². The molecule has 0 radical (unpaired) electrons. The van der Waals surface area contributed by atoms with Gasteiger partial charge in [-0.2, -0.15) is 0 Å². The summed E-state index contributed by atoms with van der Waals surface area (Å²) in [7, 11) is 1.61. The fourth-order valence-corrected chi connectivity index (χ4v) is 3.68. The molecule has 1 heterocycles. The Morgan fingerprint density at radius 3 is 2.31 bits per heavy atom. The molecule has 0 unspecified atom stereocenters. The van der Waals surface area contributed by atoms with E-state index < -0.39 is 5.97 Å². The Morgan fingerprint density at radius 1 is 0.828 bits per heavy atom. The van der Waals surface area contributed by atoms with Crippen molar-refractivity contribution in [3.05, 3.63) is 95.7 Å². The molecule has 4 aromatic carbocycles. The van der Waals surface area contributed by atoms with Crippen LogP contribution in [-0.4, -0.2) is 19.0 Å². The standard InChI is InChI=1S/C25H17NO3/c1-28-23-14-13-17-8-3-5-11-19(17)21(23)15-22-25(27)29-24(26-22)20-12-6-9-16-7-2-4-10-18(16)20/h2-15H,1H3/b22-15+. The lowest BCUT2D eigenvalue weighted by atomic mass is 10.0. The lowest BCUT2D eigenvalue weighted by Gasteiger charge is -2.08. The van der Waals surface area contributed by atoms with Gasteiger partial charge in [0.1, 0.15) is 5.75 Å². The topological polar surface area (TPSA) is 47.9 Å². The van der Waals surface area contributed by atoms with Gasteiger partial charge in [0, 0.05) is 11.1 Å². The molecule has 1 aliphatic rings. The van der Waals surface area contributed by atoms with Gasteiger partial charge < -0.3 is 9.47 Å². The fourth-order valence-electron chi connectivity index (χ4n) is 3.68. The molecule has 29 heavy (non-hydrogen) atoms. The van der Waals surface area contributed by atoms with Crippen LogP contribution in [0.25, 0.3) is 27.6 Å². The zero-order chi connectivity index (χ0) is 19.8. The number of hydrogen-bond donors (Lipinski definition) is 0. The van der Waals surface area contributed by atoms with Gasteiger partial charge in [-0.05, 0) is 39.8 Å². The molecule has 1 aliphatic heterocycles. The Labute approximate surface area is 167 Å². The highest BCUT2D eigenvalue weighted by Crippen LogP contribution is 2.32. The molecule has 0 N–H and O–H groups in total. The van der Waals surface area contributed by atoms with E-state index in [0.717, 1.165) is 32.7 Å². The molecular weight excluding hydrogens is 362 g/mol. The fraction of sp³-hybridized carbons (Fsp3) is 0.0400. The highest BCUT2D eigenvalue weighted by molar-refractivity contribution is 6.17. The Balaban J connectivity index is 1.66. The highest BCUT2D eigenvalue weighted by Gasteiger charge is 2.26. The van der Waals surface area contributed by atoms with E-state index in [9.17, 15) is 4.79 Å². The number of carbonyl (C=O) groups excluding carboxylic acids is 1. The third kappa shape index (κ3) is 2.95. The number of rotatable bonds is 3. The number of hydrogen-bond acceptors (Lipinski definition) is 4. The first kappa shape index (κ1) is 17.2. The SMILES string of the molecule is COc1ccc2ccccc2c1/C=C1/N=C(c2cccc3ccccc23)OC1=O. The Morgan fingerprint density at radius 2 is 1.52 bits per heavy atom. The van der Waals surface area contributed by atoms with Crippen molar-refractivity contribution in [3.8, 4) is 5.75 Å². The second-order valence-corrected chi connectivity index (χ2v) is 6.77. The molecule has 4 nitrogen and oxygen atoms in total. The molecule has 0 atom stereocenters. The van der Waals surface area contributed by atoms with Gasteiger partial charge in [-0.1, -0.05) is 66.7 Å². The monoisotopic (exact) mass is 379 g/mol. The van der Waals surface area contributed by atoms with Crippen LogP contribution in [0.5, 0.6) is 5.75 Å². The first-order valence-electron chi connectivity index (χ1n) is 9.31. The van der Waals surface area contributed by atoms with Crippen LogP contribution in [-0.2, 0) is 9.53 Å². The summed E-state index contributed by atoms with van der Waals surface area (Å²) in [5.41, 5.74) is 1.85. The van der Waals surface area contributed by atoms with E-state index in [1.165, 1.54) is 0 Å². The minimum atomic E-state index is -0.470. The molecule has 0 amide bonds. The number of aliphatic imine (C=N–C) groups is 1. The van der Waals surface area contributed by atoms with Gasteiger partial charge in [0.05, 0.1) is 7.11 Å². The van der Waals surface area contributed by atoms with Crippen LogP contribution >= 0.6 is 0 Å². The van der Waals surface area contributed by atoms with E-state index in [1.807, 2.05) is 78.9 Å². The summed E-state index contributed by atoms with van der Waals surface area (Å²) >= 11 is 0. The van der Waals surface area contributed by atoms with Gasteiger partial charge in [-0.15, -0.1) is 0 Å². The quantitative estimate of drug-likeness (QED) is 0.356. The van der Waals surface area contributed by atoms with E-state index >= 15 is 0 Å². The largest absolute Gasteiger partial charge is 0.496 e. The summed E-state index contributed by atoms with van der Waals surface area (Å²) in [4.78, 5) is 17.1. The normalized spacial score (nSPS) is 15.0. The summed E-state index contributed by atoms with van der Waals surface area (Å²) < 4.78 is 11.1. The zero-order valence-electron chi connectivity index (χ0n) is 15.8. The van der Waals surface area contributed by atoms with Crippen molar-refractivity contribution in [1.29, 1.82) is 0 Å². The van der Waals surface area contributed by atoms with Crippen molar-refractivity contribution in [2.24, 2.45) is 4.99 Å². The van der Waals surface area contributed by atoms with Crippen molar-refractivity contribution in [1.82, 2.24) is 0 Å². The lowest BCUT2D eigenvalue weighted by Crippen LogP contribution is -2.06. The van der Waals surface area contributed by atoms with Crippen molar-refractivity contribution in [2.75, 3.05) is 7.11 Å². The molecule has 0 saturated heterocycles. The molecule has 0 aromatic heterocycles. The third-order valence-corrected chi connectivity index (χ3v) is 5.07. The van der Waals surface area contributed by atoms with Crippen molar-refractivity contribution in [2.45, 2.75) is 0 Å². The zero-order valence-corrected chi connectivity index (χ0v) is 15.8. The molecule has 4 aromatic rings. The Hall–Kier alpha value is -3.92. The molecule has 0 bridgehead atoms. The maximum atomic E-state index is 12.6. The van der Waals surface area contributed by atoms with Gasteiger partial charge in [0.15, 0.2) is 5.70 Å². The van der Waals surface area contributed by atoms with Gasteiger partial charge in [0.2, 0.25) is 5.90 Å². The lowest BCUT2D eigenvalue weighted by molar-refractivity contribution is -0.129. The number of cyclic esters (lactones) is 1. The molecule has 5 rings (SSSR count). The average molecular weight is 379 g/mol. The Bertz CT molecular complexity index is 1330. The first-order chi connectivity index (χ1) is 14.2. The van der Waals surface area contributed by atoms with Crippen LogP contribution in [0.3, 0.4) is 0 Å². The molecule has 4 heteroatoms. The number of fused-ring (bicyclic) bond motifs is 2. The van der Waals surface area contributed by atoms with Crippen LogP contribution < -0.4 is 4.74 Å². The second-order valence-electron chi connectivity index (χ2n) is 6.77.